The SMILES string of the molecule is CC(C)c1ncc(-c2nc3cc(C(C)(C)C)ncc3[nH]2)cn1. The van der Waals surface area contributed by atoms with Crippen molar-refractivity contribution in [1.82, 2.24) is 24.9 Å². The van der Waals surface area contributed by atoms with E-state index in [-0.39, 0.29) is 5.41 Å². The summed E-state index contributed by atoms with van der Waals surface area (Å²) in [6, 6.07) is 2.04. The molecule has 0 aromatic carbocycles. The van der Waals surface area contributed by atoms with Gasteiger partial charge in [-0.3, -0.25) is 4.98 Å². The molecule has 1 N–H and O–H groups in total. The summed E-state index contributed by atoms with van der Waals surface area (Å²) in [5.41, 5.74) is 3.77. The van der Waals surface area contributed by atoms with Crippen molar-refractivity contribution in [2.75, 3.05) is 0 Å². The molecule has 114 valence electrons. The van der Waals surface area contributed by atoms with E-state index in [2.05, 4.69) is 59.5 Å². The quantitative estimate of drug-likeness (QED) is 0.780. The summed E-state index contributed by atoms with van der Waals surface area (Å²) >= 11 is 0. The van der Waals surface area contributed by atoms with Crippen LogP contribution in [0.5, 0.6) is 0 Å². The highest BCUT2D eigenvalue weighted by atomic mass is 15.0. The monoisotopic (exact) mass is 295 g/mol. The van der Waals surface area contributed by atoms with Gasteiger partial charge in [0, 0.05) is 29.4 Å². The molecule has 0 aliphatic rings. The average Bonchev–Trinajstić information content (AvgIpc) is 2.89. The van der Waals surface area contributed by atoms with Gasteiger partial charge >= 0.3 is 0 Å². The van der Waals surface area contributed by atoms with E-state index in [9.17, 15) is 0 Å². The molecular weight excluding hydrogens is 274 g/mol. The molecule has 0 fully saturated rings. The molecule has 0 spiro atoms. The van der Waals surface area contributed by atoms with E-state index in [0.717, 1.165) is 33.9 Å². The molecule has 0 amide bonds. The van der Waals surface area contributed by atoms with Gasteiger partial charge in [0.1, 0.15) is 11.6 Å². The number of pyridine rings is 1. The molecule has 0 aliphatic heterocycles. The third kappa shape index (κ3) is 2.71. The van der Waals surface area contributed by atoms with Crippen molar-refractivity contribution in [2.45, 2.75) is 46.0 Å². The van der Waals surface area contributed by atoms with Crippen LogP contribution in [0, 0.1) is 0 Å². The van der Waals surface area contributed by atoms with E-state index in [4.69, 9.17) is 0 Å². The van der Waals surface area contributed by atoms with Gasteiger partial charge in [0.15, 0.2) is 0 Å². The minimum Gasteiger partial charge on any atom is -0.337 e. The molecule has 0 atom stereocenters. The fourth-order valence-electron chi connectivity index (χ4n) is 2.21. The molecule has 3 aromatic rings. The zero-order valence-electron chi connectivity index (χ0n) is 13.7. The van der Waals surface area contributed by atoms with Gasteiger partial charge in [-0.15, -0.1) is 0 Å². The molecule has 5 nitrogen and oxygen atoms in total. The number of hydrogen-bond donors (Lipinski definition) is 1. The van der Waals surface area contributed by atoms with Gasteiger partial charge in [0.05, 0.1) is 22.8 Å². The number of nitrogens with one attached hydrogen (secondary N) is 1. The number of aromatic nitrogens is 5. The van der Waals surface area contributed by atoms with Gasteiger partial charge in [0.25, 0.3) is 0 Å². The minimum atomic E-state index is 0.00925. The topological polar surface area (TPSA) is 67.3 Å². The van der Waals surface area contributed by atoms with E-state index in [1.807, 2.05) is 24.7 Å². The number of H-pyrrole nitrogens is 1. The minimum absolute atomic E-state index is 0.00925. The van der Waals surface area contributed by atoms with Crippen LogP contribution in [0.15, 0.2) is 24.7 Å². The number of rotatable bonds is 2. The Labute approximate surface area is 130 Å². The molecule has 22 heavy (non-hydrogen) atoms. The summed E-state index contributed by atoms with van der Waals surface area (Å²) in [6.07, 6.45) is 5.48. The average molecular weight is 295 g/mol. The highest BCUT2D eigenvalue weighted by Gasteiger charge is 2.17. The Kier molecular flexibility index (Phi) is 3.43. The molecule has 0 bridgehead atoms. The van der Waals surface area contributed by atoms with Crippen LogP contribution in [0.25, 0.3) is 22.4 Å². The summed E-state index contributed by atoms with van der Waals surface area (Å²) in [5.74, 6) is 1.94. The van der Waals surface area contributed by atoms with Crippen molar-refractivity contribution < 1.29 is 0 Å². The smallest absolute Gasteiger partial charge is 0.141 e. The highest BCUT2D eigenvalue weighted by molar-refractivity contribution is 5.78. The molecule has 0 saturated carbocycles. The molecule has 0 radical (unpaired) electrons. The van der Waals surface area contributed by atoms with Crippen molar-refractivity contribution in [3.8, 4) is 11.4 Å². The molecule has 0 aliphatic carbocycles. The Hall–Kier alpha value is -2.30. The van der Waals surface area contributed by atoms with Crippen LogP contribution in [0.4, 0.5) is 0 Å². The standard InChI is InChI=1S/C17H21N5/c1-10(2)15-19-7-11(8-20-15)16-21-12-6-14(17(3,4)5)18-9-13(12)22-16/h6-10H,1-5H3,(H,21,22). The maximum Gasteiger partial charge on any atom is 0.141 e. The van der Waals surface area contributed by atoms with Crippen LogP contribution in [0.1, 0.15) is 52.1 Å². The van der Waals surface area contributed by atoms with Crippen molar-refractivity contribution in [1.29, 1.82) is 0 Å². The Morgan fingerprint density at radius 3 is 2.27 bits per heavy atom. The zero-order valence-corrected chi connectivity index (χ0v) is 13.7. The fourth-order valence-corrected chi connectivity index (χ4v) is 2.21. The Morgan fingerprint density at radius 1 is 1.00 bits per heavy atom. The molecule has 3 rings (SSSR count). The highest BCUT2D eigenvalue weighted by Crippen LogP contribution is 2.25. The second kappa shape index (κ2) is 5.16. The van der Waals surface area contributed by atoms with Gasteiger partial charge in [-0.25, -0.2) is 15.0 Å². The number of aromatic amines is 1. The lowest BCUT2D eigenvalue weighted by Gasteiger charge is -2.16. The lowest BCUT2D eigenvalue weighted by molar-refractivity contribution is 0.570. The second-order valence-electron chi connectivity index (χ2n) is 6.91. The van der Waals surface area contributed by atoms with Crippen LogP contribution >= 0.6 is 0 Å². The maximum atomic E-state index is 4.66. The van der Waals surface area contributed by atoms with E-state index in [1.165, 1.54) is 0 Å². The van der Waals surface area contributed by atoms with E-state index in [0.29, 0.717) is 5.92 Å². The van der Waals surface area contributed by atoms with Gasteiger partial charge < -0.3 is 4.98 Å². The summed E-state index contributed by atoms with van der Waals surface area (Å²) < 4.78 is 0. The van der Waals surface area contributed by atoms with Crippen LogP contribution in [0.3, 0.4) is 0 Å². The first kappa shape index (κ1) is 14.6. The first-order valence-electron chi connectivity index (χ1n) is 7.53. The Morgan fingerprint density at radius 2 is 1.68 bits per heavy atom. The third-order valence-corrected chi connectivity index (χ3v) is 3.60. The fraction of sp³-hybridized carbons (Fsp3) is 0.412. The lowest BCUT2D eigenvalue weighted by Crippen LogP contribution is -2.12. The normalized spacial score (nSPS) is 12.3. The summed E-state index contributed by atoms with van der Waals surface area (Å²) in [5, 5.41) is 0. The van der Waals surface area contributed by atoms with Gasteiger partial charge in [-0.1, -0.05) is 34.6 Å². The van der Waals surface area contributed by atoms with E-state index in [1.54, 1.807) is 0 Å². The number of fused-ring (bicyclic) bond motifs is 1. The number of hydrogen-bond acceptors (Lipinski definition) is 4. The number of nitrogens with zero attached hydrogens (tertiary/aromatic N) is 4. The first-order chi connectivity index (χ1) is 10.3. The molecule has 0 saturated heterocycles. The van der Waals surface area contributed by atoms with Crippen molar-refractivity contribution in [2.24, 2.45) is 0 Å². The van der Waals surface area contributed by atoms with E-state index < -0.39 is 0 Å². The molecule has 3 heterocycles. The molecule has 5 heteroatoms. The van der Waals surface area contributed by atoms with Gasteiger partial charge in [-0.05, 0) is 6.07 Å². The van der Waals surface area contributed by atoms with E-state index >= 15 is 0 Å². The van der Waals surface area contributed by atoms with Gasteiger partial charge in [-0.2, -0.15) is 0 Å². The summed E-state index contributed by atoms with van der Waals surface area (Å²) in [7, 11) is 0. The van der Waals surface area contributed by atoms with Crippen LogP contribution in [-0.2, 0) is 5.41 Å². The Bertz CT molecular complexity index is 794. The van der Waals surface area contributed by atoms with Crippen molar-refractivity contribution in [3.63, 3.8) is 0 Å². The molecule has 0 unspecified atom stereocenters. The van der Waals surface area contributed by atoms with Crippen LogP contribution in [-0.4, -0.2) is 24.9 Å². The molecular formula is C17H21N5. The lowest BCUT2D eigenvalue weighted by atomic mass is 9.91. The summed E-state index contributed by atoms with van der Waals surface area (Å²) in [4.78, 5) is 21.3. The van der Waals surface area contributed by atoms with Crippen molar-refractivity contribution >= 4 is 11.0 Å². The Balaban J connectivity index is 2.01. The van der Waals surface area contributed by atoms with Crippen LogP contribution < -0.4 is 0 Å². The first-order valence-corrected chi connectivity index (χ1v) is 7.53. The van der Waals surface area contributed by atoms with Crippen molar-refractivity contribution in [3.05, 3.63) is 36.2 Å². The second-order valence-corrected chi connectivity index (χ2v) is 6.91. The zero-order chi connectivity index (χ0) is 15.9. The summed E-state index contributed by atoms with van der Waals surface area (Å²) in [6.45, 7) is 10.6. The largest absolute Gasteiger partial charge is 0.337 e. The number of imidazole rings is 1. The predicted octanol–water partition coefficient (Wildman–Crippen LogP) is 3.84. The third-order valence-electron chi connectivity index (χ3n) is 3.60. The maximum absolute atomic E-state index is 4.66. The van der Waals surface area contributed by atoms with Gasteiger partial charge in [0.2, 0.25) is 0 Å². The molecule has 3 aromatic heterocycles. The van der Waals surface area contributed by atoms with Crippen LogP contribution in [0.2, 0.25) is 0 Å². The predicted molar refractivity (Wildman–Crippen MR) is 87.7 cm³/mol.